The van der Waals surface area contributed by atoms with Crippen molar-refractivity contribution in [2.45, 2.75) is 19.3 Å². The molecule has 0 saturated heterocycles. The molecular weight excluding hydrogens is 637 g/mol. The molecule has 10 aromatic rings. The van der Waals surface area contributed by atoms with Gasteiger partial charge in [0.25, 0.3) is 0 Å². The van der Waals surface area contributed by atoms with E-state index >= 15 is 0 Å². The maximum Gasteiger partial charge on any atom is 0.0165 e. The minimum Gasteiger partial charge on any atom is -0.0616 e. The van der Waals surface area contributed by atoms with E-state index in [0.29, 0.717) is 0 Å². The van der Waals surface area contributed by atoms with E-state index in [4.69, 9.17) is 0 Å². The van der Waals surface area contributed by atoms with Crippen molar-refractivity contribution >= 4 is 53.9 Å². The number of benzene rings is 10. The van der Waals surface area contributed by atoms with E-state index < -0.39 is 0 Å². The van der Waals surface area contributed by atoms with Crippen LogP contribution in [0.5, 0.6) is 0 Å². The predicted octanol–water partition coefficient (Wildman–Crippen LogP) is 14.8. The molecule has 0 bridgehead atoms. The molecule has 0 heterocycles. The van der Waals surface area contributed by atoms with Gasteiger partial charge in [-0.1, -0.05) is 184 Å². The zero-order valence-electron chi connectivity index (χ0n) is 29.8. The van der Waals surface area contributed by atoms with E-state index in [2.05, 4.69) is 196 Å². The van der Waals surface area contributed by atoms with Crippen LogP contribution in [0, 0.1) is 0 Å². The molecule has 0 spiro atoms. The van der Waals surface area contributed by atoms with Crippen LogP contribution >= 0.6 is 0 Å². The highest BCUT2D eigenvalue weighted by molar-refractivity contribution is 6.25. The van der Waals surface area contributed by atoms with Gasteiger partial charge in [0, 0.05) is 5.41 Å². The highest BCUT2D eigenvalue weighted by Gasteiger charge is 2.38. The van der Waals surface area contributed by atoms with Gasteiger partial charge in [-0.05, 0) is 122 Å². The van der Waals surface area contributed by atoms with Crippen molar-refractivity contribution in [3.63, 3.8) is 0 Å². The summed E-state index contributed by atoms with van der Waals surface area (Å²) in [5, 5.41) is 12.8. The lowest BCUT2D eigenvalue weighted by atomic mass is 9.77. The Morgan fingerprint density at radius 2 is 0.679 bits per heavy atom. The summed E-state index contributed by atoms with van der Waals surface area (Å²) in [5.41, 5.74) is 13.1. The molecule has 1 aliphatic rings. The Labute approximate surface area is 309 Å². The fraction of sp³-hybridized carbons (Fsp3) is 0.0566. The first-order valence-electron chi connectivity index (χ1n) is 18.7. The second-order valence-electron chi connectivity index (χ2n) is 15.2. The van der Waals surface area contributed by atoms with Gasteiger partial charge in [-0.25, -0.2) is 0 Å². The first-order chi connectivity index (χ1) is 26.1. The van der Waals surface area contributed by atoms with Gasteiger partial charge >= 0.3 is 0 Å². The Kier molecular flexibility index (Phi) is 6.40. The van der Waals surface area contributed by atoms with Crippen LogP contribution in [0.3, 0.4) is 0 Å². The van der Waals surface area contributed by atoms with Crippen LogP contribution in [0.15, 0.2) is 182 Å². The third-order valence-corrected chi connectivity index (χ3v) is 12.0. The van der Waals surface area contributed by atoms with E-state index in [-0.39, 0.29) is 5.41 Å². The molecule has 1 aliphatic carbocycles. The molecule has 0 N–H and O–H groups in total. The van der Waals surface area contributed by atoms with Crippen LogP contribution in [0.4, 0.5) is 0 Å². The molecule has 10 aromatic carbocycles. The highest BCUT2D eigenvalue weighted by atomic mass is 14.4. The van der Waals surface area contributed by atoms with E-state index in [1.807, 2.05) is 0 Å². The van der Waals surface area contributed by atoms with Gasteiger partial charge in [-0.3, -0.25) is 0 Å². The molecule has 11 rings (SSSR count). The van der Waals surface area contributed by atoms with Gasteiger partial charge in [0.05, 0.1) is 0 Å². The average Bonchev–Trinajstić information content (AvgIpc) is 3.43. The molecule has 0 heteroatoms. The van der Waals surface area contributed by atoms with Gasteiger partial charge in [0.2, 0.25) is 0 Å². The van der Waals surface area contributed by atoms with Crippen molar-refractivity contribution in [1.29, 1.82) is 0 Å². The average molecular weight is 673 g/mol. The zero-order valence-corrected chi connectivity index (χ0v) is 29.8. The Morgan fingerprint density at radius 1 is 0.283 bits per heavy atom. The van der Waals surface area contributed by atoms with Crippen molar-refractivity contribution in [3.8, 4) is 44.5 Å². The number of hydrogen-bond donors (Lipinski definition) is 0. The Balaban J connectivity index is 1.18. The summed E-state index contributed by atoms with van der Waals surface area (Å²) in [4.78, 5) is 0. The maximum atomic E-state index is 2.42. The Bertz CT molecular complexity index is 3080. The fourth-order valence-corrected chi connectivity index (χ4v) is 9.69. The summed E-state index contributed by atoms with van der Waals surface area (Å²) in [5.74, 6) is 0. The van der Waals surface area contributed by atoms with E-state index in [0.717, 1.165) is 0 Å². The summed E-state index contributed by atoms with van der Waals surface area (Å²) in [6, 6.07) is 67.9. The number of rotatable bonds is 3. The van der Waals surface area contributed by atoms with Crippen LogP contribution in [0.2, 0.25) is 0 Å². The molecular formula is C53H36. The molecule has 0 atom stereocenters. The Morgan fingerprint density at radius 3 is 1.30 bits per heavy atom. The standard InChI is InChI=1S/C53H36/c1-53(2)49-32-35-17-4-3-16-34(35)31-48(49)47-28-14-27-46(52(47)53)39-29-30-45(38-21-8-7-20-37(38)39)51-43-24-11-9-22-41(43)50(42-23-10-12-25-44(42)51)40-26-13-18-33-15-5-6-19-36(33)40/h3-32H,1-2H3. The smallest absolute Gasteiger partial charge is 0.0165 e. The lowest BCUT2D eigenvalue weighted by molar-refractivity contribution is 0.663. The highest BCUT2D eigenvalue weighted by Crippen LogP contribution is 2.54. The third-order valence-electron chi connectivity index (χ3n) is 12.0. The summed E-state index contributed by atoms with van der Waals surface area (Å²) >= 11 is 0. The lowest BCUT2D eigenvalue weighted by Crippen LogP contribution is -2.16. The maximum absolute atomic E-state index is 2.42. The monoisotopic (exact) mass is 672 g/mol. The van der Waals surface area contributed by atoms with Gasteiger partial charge < -0.3 is 0 Å². The fourth-order valence-electron chi connectivity index (χ4n) is 9.69. The SMILES string of the molecule is CC1(C)c2cc3ccccc3cc2-c2cccc(-c3ccc(-c4c5ccccc5c(-c5cccc6ccccc56)c5ccccc45)c4ccccc34)c21. The van der Waals surface area contributed by atoms with E-state index in [9.17, 15) is 0 Å². The summed E-state index contributed by atoms with van der Waals surface area (Å²) in [6.45, 7) is 4.81. The molecule has 0 nitrogen and oxygen atoms in total. The topological polar surface area (TPSA) is 0 Å². The quantitative estimate of drug-likeness (QED) is 0.164. The molecule has 0 aliphatic heterocycles. The summed E-state index contributed by atoms with van der Waals surface area (Å²) in [7, 11) is 0. The van der Waals surface area contributed by atoms with Gasteiger partial charge in [-0.2, -0.15) is 0 Å². The molecule has 248 valence electrons. The van der Waals surface area contributed by atoms with Crippen molar-refractivity contribution < 1.29 is 0 Å². The summed E-state index contributed by atoms with van der Waals surface area (Å²) in [6.07, 6.45) is 0. The first kappa shape index (κ1) is 30.2. The molecule has 0 aromatic heterocycles. The van der Waals surface area contributed by atoms with Gasteiger partial charge in [-0.15, -0.1) is 0 Å². The van der Waals surface area contributed by atoms with E-state index in [1.54, 1.807) is 0 Å². The van der Waals surface area contributed by atoms with Crippen LogP contribution in [-0.4, -0.2) is 0 Å². The van der Waals surface area contributed by atoms with Crippen molar-refractivity contribution in [1.82, 2.24) is 0 Å². The zero-order chi connectivity index (χ0) is 35.3. The number of fused-ring (bicyclic) bond motifs is 8. The first-order valence-corrected chi connectivity index (χ1v) is 18.7. The van der Waals surface area contributed by atoms with Crippen LogP contribution in [0.25, 0.3) is 98.4 Å². The summed E-state index contributed by atoms with van der Waals surface area (Å²) < 4.78 is 0. The molecule has 0 amide bonds. The largest absolute Gasteiger partial charge is 0.0616 e. The lowest BCUT2D eigenvalue weighted by Gasteiger charge is -2.26. The van der Waals surface area contributed by atoms with Crippen molar-refractivity contribution in [2.24, 2.45) is 0 Å². The van der Waals surface area contributed by atoms with Crippen LogP contribution < -0.4 is 0 Å². The molecule has 0 fully saturated rings. The van der Waals surface area contributed by atoms with Crippen LogP contribution in [-0.2, 0) is 5.41 Å². The van der Waals surface area contributed by atoms with Crippen LogP contribution in [0.1, 0.15) is 25.0 Å². The Hall–Kier alpha value is -6.50. The number of hydrogen-bond acceptors (Lipinski definition) is 0. The molecule has 0 unspecified atom stereocenters. The minimum atomic E-state index is -0.144. The minimum absolute atomic E-state index is 0.144. The van der Waals surface area contributed by atoms with Crippen molar-refractivity contribution in [3.05, 3.63) is 193 Å². The third kappa shape index (κ3) is 4.30. The molecule has 0 radical (unpaired) electrons. The second-order valence-corrected chi connectivity index (χ2v) is 15.2. The van der Waals surface area contributed by atoms with Gasteiger partial charge in [0.1, 0.15) is 0 Å². The molecule has 0 saturated carbocycles. The molecule has 53 heavy (non-hydrogen) atoms. The van der Waals surface area contributed by atoms with Gasteiger partial charge in [0.15, 0.2) is 0 Å². The predicted molar refractivity (Wildman–Crippen MR) is 228 cm³/mol. The normalized spacial score (nSPS) is 13.2. The van der Waals surface area contributed by atoms with Crippen molar-refractivity contribution in [2.75, 3.05) is 0 Å². The second kappa shape index (κ2) is 11.2. The van der Waals surface area contributed by atoms with E-state index in [1.165, 1.54) is 109 Å².